The van der Waals surface area contributed by atoms with Crippen molar-refractivity contribution in [3.05, 3.63) is 15.4 Å². The lowest BCUT2D eigenvalue weighted by Crippen LogP contribution is -2.21. The summed E-state index contributed by atoms with van der Waals surface area (Å²) in [5, 5.41) is 0. The van der Waals surface area contributed by atoms with Gasteiger partial charge in [-0.15, -0.1) is 0 Å². The van der Waals surface area contributed by atoms with Gasteiger partial charge in [0.2, 0.25) is 10.0 Å². The largest absolute Gasteiger partial charge is 0.265 e. The van der Waals surface area contributed by atoms with E-state index in [0.29, 0.717) is 15.6 Å². The third kappa shape index (κ3) is 5.62. The second-order valence-corrected chi connectivity index (χ2v) is 8.47. The van der Waals surface area contributed by atoms with Crippen molar-refractivity contribution in [2.75, 3.05) is 10.5 Å². The summed E-state index contributed by atoms with van der Waals surface area (Å²) in [6.07, 6.45) is 2.01. The number of nitrogens with zero attached hydrogens (tertiary/aromatic N) is 2. The second kappa shape index (κ2) is 5.83. The number of halogens is 2. The molecule has 8 heteroatoms. The topological polar surface area (TPSA) is 72.0 Å². The van der Waals surface area contributed by atoms with Crippen molar-refractivity contribution in [3.8, 4) is 0 Å². The zero-order valence-electron chi connectivity index (χ0n) is 10.4. The number of hydrogen-bond acceptors (Lipinski definition) is 4. The number of rotatable bonds is 4. The molecule has 1 aromatic rings. The molecular formula is C10H15Br2N3O2S. The number of aromatic nitrogens is 2. The first-order valence-corrected chi connectivity index (χ1v) is 8.51. The van der Waals surface area contributed by atoms with E-state index in [1.165, 1.54) is 6.20 Å². The van der Waals surface area contributed by atoms with Gasteiger partial charge in [-0.1, -0.05) is 20.8 Å². The van der Waals surface area contributed by atoms with Crippen LogP contribution in [-0.2, 0) is 10.0 Å². The number of hydrogen-bond donors (Lipinski definition) is 1. The Bertz CT molecular complexity index is 526. The molecule has 0 radical (unpaired) electrons. The van der Waals surface area contributed by atoms with Crippen molar-refractivity contribution >= 4 is 47.7 Å². The Balaban J connectivity index is 2.77. The minimum atomic E-state index is -3.40. The zero-order valence-corrected chi connectivity index (χ0v) is 14.4. The van der Waals surface area contributed by atoms with E-state index >= 15 is 0 Å². The third-order valence-corrected chi connectivity index (χ3v) is 4.25. The Hall–Kier alpha value is -0.210. The standard InChI is InChI=1S/C10H15Br2N3O2S/c1-10(2,3)4-5-18(16,17)15-9-8(12)14-7(11)6-13-9/h6H,4-5H2,1-3H3,(H,13,15). The Morgan fingerprint density at radius 2 is 1.94 bits per heavy atom. The fraction of sp³-hybridized carbons (Fsp3) is 0.600. The second-order valence-electron chi connectivity index (χ2n) is 5.06. The van der Waals surface area contributed by atoms with Gasteiger partial charge in [0.1, 0.15) is 4.60 Å². The molecule has 0 unspecified atom stereocenters. The summed E-state index contributed by atoms with van der Waals surface area (Å²) in [5.74, 6) is 0.257. The SMILES string of the molecule is CC(C)(C)CCS(=O)(=O)Nc1ncc(Br)nc1Br. The van der Waals surface area contributed by atoms with Gasteiger partial charge in [-0.2, -0.15) is 0 Å². The molecule has 102 valence electrons. The van der Waals surface area contributed by atoms with Crippen molar-refractivity contribution in [2.45, 2.75) is 27.2 Å². The summed E-state index contributed by atoms with van der Waals surface area (Å²) in [4.78, 5) is 7.97. The van der Waals surface area contributed by atoms with E-state index in [9.17, 15) is 8.42 Å². The molecule has 0 aliphatic rings. The molecule has 0 fully saturated rings. The molecule has 0 saturated carbocycles. The lowest BCUT2D eigenvalue weighted by Gasteiger charge is -2.18. The van der Waals surface area contributed by atoms with Crippen LogP contribution >= 0.6 is 31.9 Å². The van der Waals surface area contributed by atoms with Crippen molar-refractivity contribution in [1.29, 1.82) is 0 Å². The molecular weight excluding hydrogens is 386 g/mol. The van der Waals surface area contributed by atoms with Crippen LogP contribution in [0.4, 0.5) is 5.82 Å². The van der Waals surface area contributed by atoms with E-state index < -0.39 is 10.0 Å². The molecule has 0 aliphatic carbocycles. The minimum absolute atomic E-state index is 0.0304. The maximum atomic E-state index is 11.9. The van der Waals surface area contributed by atoms with Gasteiger partial charge in [0.15, 0.2) is 10.4 Å². The Morgan fingerprint density at radius 3 is 2.44 bits per heavy atom. The van der Waals surface area contributed by atoms with Crippen molar-refractivity contribution < 1.29 is 8.42 Å². The summed E-state index contributed by atoms with van der Waals surface area (Å²) < 4.78 is 27.1. The highest BCUT2D eigenvalue weighted by atomic mass is 79.9. The molecule has 1 heterocycles. The quantitative estimate of drug-likeness (QED) is 0.842. The molecule has 18 heavy (non-hydrogen) atoms. The number of nitrogens with one attached hydrogen (secondary N) is 1. The van der Waals surface area contributed by atoms with E-state index in [2.05, 4.69) is 46.5 Å². The van der Waals surface area contributed by atoms with Crippen LogP contribution in [0.3, 0.4) is 0 Å². The van der Waals surface area contributed by atoms with Gasteiger partial charge >= 0.3 is 0 Å². The average Bonchev–Trinajstić information content (AvgIpc) is 2.19. The molecule has 1 aromatic heterocycles. The molecule has 1 rings (SSSR count). The van der Waals surface area contributed by atoms with E-state index in [-0.39, 0.29) is 17.0 Å². The Labute approximate surface area is 124 Å². The van der Waals surface area contributed by atoms with Gasteiger partial charge in [0, 0.05) is 0 Å². The zero-order chi connectivity index (χ0) is 14.0. The molecule has 0 aromatic carbocycles. The van der Waals surface area contributed by atoms with E-state index in [0.717, 1.165) is 0 Å². The van der Waals surface area contributed by atoms with Crippen LogP contribution in [0.1, 0.15) is 27.2 Å². The molecule has 0 saturated heterocycles. The van der Waals surface area contributed by atoms with Crippen LogP contribution in [0.25, 0.3) is 0 Å². The van der Waals surface area contributed by atoms with Gasteiger partial charge in [-0.25, -0.2) is 18.4 Å². The van der Waals surface area contributed by atoms with Gasteiger partial charge in [-0.3, -0.25) is 4.72 Å². The van der Waals surface area contributed by atoms with Crippen LogP contribution in [0.5, 0.6) is 0 Å². The normalized spacial score (nSPS) is 12.5. The van der Waals surface area contributed by atoms with Crippen LogP contribution in [0, 0.1) is 5.41 Å². The maximum absolute atomic E-state index is 11.9. The van der Waals surface area contributed by atoms with E-state index in [1.807, 2.05) is 20.8 Å². The van der Waals surface area contributed by atoms with Crippen molar-refractivity contribution in [1.82, 2.24) is 9.97 Å². The van der Waals surface area contributed by atoms with Gasteiger partial charge in [-0.05, 0) is 43.7 Å². The van der Waals surface area contributed by atoms with Gasteiger partial charge in [0.25, 0.3) is 0 Å². The number of anilines is 1. The third-order valence-electron chi connectivity index (χ3n) is 2.07. The molecule has 0 bridgehead atoms. The van der Waals surface area contributed by atoms with Crippen molar-refractivity contribution in [3.63, 3.8) is 0 Å². The van der Waals surface area contributed by atoms with Gasteiger partial charge < -0.3 is 0 Å². The van der Waals surface area contributed by atoms with E-state index in [1.54, 1.807) is 0 Å². The molecule has 0 spiro atoms. The molecule has 5 nitrogen and oxygen atoms in total. The van der Waals surface area contributed by atoms with Crippen LogP contribution < -0.4 is 4.72 Å². The minimum Gasteiger partial charge on any atom is -0.265 e. The summed E-state index contributed by atoms with van der Waals surface area (Å²) in [7, 11) is -3.40. The fourth-order valence-electron chi connectivity index (χ4n) is 1.05. The fourth-order valence-corrected chi connectivity index (χ4v) is 3.52. The first-order chi connectivity index (χ1) is 8.09. The monoisotopic (exact) mass is 399 g/mol. The lowest BCUT2D eigenvalue weighted by atomic mass is 9.94. The Morgan fingerprint density at radius 1 is 1.33 bits per heavy atom. The highest BCUT2D eigenvalue weighted by molar-refractivity contribution is 9.11. The molecule has 0 aliphatic heterocycles. The summed E-state index contributed by atoms with van der Waals surface area (Å²) in [5.41, 5.74) is -0.0304. The van der Waals surface area contributed by atoms with Gasteiger partial charge in [0.05, 0.1) is 11.9 Å². The van der Waals surface area contributed by atoms with Crippen molar-refractivity contribution in [2.24, 2.45) is 5.41 Å². The predicted octanol–water partition coefficient (Wildman–Crippen LogP) is 3.18. The van der Waals surface area contributed by atoms with Crippen LogP contribution in [0.15, 0.2) is 15.4 Å². The Kier molecular flexibility index (Phi) is 5.13. The van der Waals surface area contributed by atoms with E-state index in [4.69, 9.17) is 0 Å². The lowest BCUT2D eigenvalue weighted by molar-refractivity contribution is 0.397. The maximum Gasteiger partial charge on any atom is 0.233 e. The molecule has 1 N–H and O–H groups in total. The molecule has 0 amide bonds. The highest BCUT2D eigenvalue weighted by Crippen LogP contribution is 2.23. The number of sulfonamides is 1. The predicted molar refractivity (Wildman–Crippen MR) is 78.9 cm³/mol. The first-order valence-electron chi connectivity index (χ1n) is 5.28. The smallest absolute Gasteiger partial charge is 0.233 e. The average molecular weight is 401 g/mol. The van der Waals surface area contributed by atoms with Crippen LogP contribution in [-0.4, -0.2) is 24.1 Å². The first kappa shape index (κ1) is 15.8. The van der Waals surface area contributed by atoms with Crippen LogP contribution in [0.2, 0.25) is 0 Å². The summed E-state index contributed by atoms with van der Waals surface area (Å²) >= 11 is 6.31. The summed E-state index contributed by atoms with van der Waals surface area (Å²) in [6.45, 7) is 5.99. The molecule has 0 atom stereocenters. The summed E-state index contributed by atoms with van der Waals surface area (Å²) in [6, 6.07) is 0. The highest BCUT2D eigenvalue weighted by Gasteiger charge is 2.19.